The summed E-state index contributed by atoms with van der Waals surface area (Å²) >= 11 is 0. The Morgan fingerprint density at radius 1 is 1.12 bits per heavy atom. The minimum Gasteiger partial charge on any atom is -0.496 e. The van der Waals surface area contributed by atoms with Gasteiger partial charge in [0.2, 0.25) is 0 Å². The molecule has 4 heteroatoms. The Hall–Kier alpha value is -1.55. The predicted molar refractivity (Wildman–Crippen MR) is 107 cm³/mol. The summed E-state index contributed by atoms with van der Waals surface area (Å²) in [6.07, 6.45) is 2.41. The number of benzene rings is 2. The minimum absolute atomic E-state index is 0. The first kappa shape index (κ1) is 19.8. The van der Waals surface area contributed by atoms with Crippen LogP contribution < -0.4 is 15.4 Å². The second kappa shape index (κ2) is 9.23. The van der Waals surface area contributed by atoms with E-state index in [0.717, 1.165) is 18.8 Å². The van der Waals surface area contributed by atoms with Crippen molar-refractivity contribution in [1.82, 2.24) is 10.6 Å². The average molecular weight is 361 g/mol. The molecule has 1 aliphatic heterocycles. The molecule has 0 spiro atoms. The van der Waals surface area contributed by atoms with E-state index in [4.69, 9.17) is 4.74 Å². The summed E-state index contributed by atoms with van der Waals surface area (Å²) < 4.78 is 5.58. The Bertz CT molecular complexity index is 675. The van der Waals surface area contributed by atoms with Crippen LogP contribution in [-0.4, -0.2) is 19.7 Å². The second-order valence-electron chi connectivity index (χ2n) is 6.72. The first-order chi connectivity index (χ1) is 11.7. The summed E-state index contributed by atoms with van der Waals surface area (Å²) in [5.74, 6) is 0.977. The van der Waals surface area contributed by atoms with Crippen LogP contribution in [0.4, 0.5) is 0 Å². The molecule has 2 atom stereocenters. The molecule has 0 aliphatic carbocycles. The highest BCUT2D eigenvalue weighted by atomic mass is 35.5. The van der Waals surface area contributed by atoms with Crippen LogP contribution in [0.25, 0.3) is 0 Å². The van der Waals surface area contributed by atoms with Crippen molar-refractivity contribution >= 4 is 12.4 Å². The molecule has 2 N–H and O–H groups in total. The van der Waals surface area contributed by atoms with Crippen LogP contribution in [0.3, 0.4) is 0 Å². The molecule has 3 rings (SSSR count). The highest BCUT2D eigenvalue weighted by molar-refractivity contribution is 5.85. The van der Waals surface area contributed by atoms with Gasteiger partial charge in [0.25, 0.3) is 0 Å². The molecule has 1 heterocycles. The SMILES string of the molecule is COc1cc(C)c(C)cc1CN[C@H]1CCCN[C@H]1c1ccccc1.Cl. The number of methoxy groups -OCH3 is 1. The number of piperidine rings is 1. The van der Waals surface area contributed by atoms with Gasteiger partial charge in [-0.2, -0.15) is 0 Å². The molecule has 3 nitrogen and oxygen atoms in total. The number of nitrogens with one attached hydrogen (secondary N) is 2. The molecule has 0 bridgehead atoms. The summed E-state index contributed by atoms with van der Waals surface area (Å²) in [5, 5.41) is 7.44. The van der Waals surface area contributed by atoms with Crippen LogP contribution in [0.1, 0.15) is 41.1 Å². The van der Waals surface area contributed by atoms with Gasteiger partial charge in [-0.25, -0.2) is 0 Å². The third-order valence-corrected chi connectivity index (χ3v) is 5.07. The van der Waals surface area contributed by atoms with Crippen molar-refractivity contribution in [3.63, 3.8) is 0 Å². The maximum Gasteiger partial charge on any atom is 0.123 e. The molecule has 136 valence electrons. The Balaban J connectivity index is 0.00000225. The highest BCUT2D eigenvalue weighted by Crippen LogP contribution is 2.26. The van der Waals surface area contributed by atoms with Crippen molar-refractivity contribution in [3.05, 3.63) is 64.7 Å². The Kier molecular flexibility index (Phi) is 7.30. The third kappa shape index (κ3) is 4.75. The van der Waals surface area contributed by atoms with Crippen molar-refractivity contribution < 1.29 is 4.74 Å². The van der Waals surface area contributed by atoms with E-state index < -0.39 is 0 Å². The van der Waals surface area contributed by atoms with Gasteiger partial charge in [-0.1, -0.05) is 36.4 Å². The van der Waals surface area contributed by atoms with E-state index in [0.29, 0.717) is 12.1 Å². The molecule has 0 radical (unpaired) electrons. The standard InChI is InChI=1S/C21H28N2O.ClH/c1-15-12-18(20(24-3)13-16(15)2)14-23-19-10-7-11-22-21(19)17-8-5-4-6-9-17;/h4-6,8-9,12-13,19,21-23H,7,10-11,14H2,1-3H3;1H/t19-,21-;/m0./s1. The zero-order chi connectivity index (χ0) is 16.9. The summed E-state index contributed by atoms with van der Waals surface area (Å²) in [6, 6.07) is 15.9. The monoisotopic (exact) mass is 360 g/mol. The third-order valence-electron chi connectivity index (χ3n) is 5.07. The van der Waals surface area contributed by atoms with Gasteiger partial charge in [0.1, 0.15) is 5.75 Å². The normalized spacial score (nSPS) is 20.0. The molecule has 0 aromatic heterocycles. The van der Waals surface area contributed by atoms with Gasteiger partial charge < -0.3 is 15.4 Å². The number of halogens is 1. The van der Waals surface area contributed by atoms with Crippen molar-refractivity contribution in [2.45, 2.75) is 45.3 Å². The van der Waals surface area contributed by atoms with E-state index in [1.807, 2.05) is 0 Å². The van der Waals surface area contributed by atoms with Gasteiger partial charge >= 0.3 is 0 Å². The largest absolute Gasteiger partial charge is 0.496 e. The quantitative estimate of drug-likeness (QED) is 0.833. The fraction of sp³-hybridized carbons (Fsp3) is 0.429. The molecule has 0 amide bonds. The lowest BCUT2D eigenvalue weighted by molar-refractivity contribution is 0.303. The predicted octanol–water partition coefficient (Wildman–Crippen LogP) is 4.32. The van der Waals surface area contributed by atoms with Crippen LogP contribution in [0.2, 0.25) is 0 Å². The van der Waals surface area contributed by atoms with Crippen molar-refractivity contribution in [2.75, 3.05) is 13.7 Å². The molecule has 0 unspecified atom stereocenters. The number of ether oxygens (including phenoxy) is 1. The van der Waals surface area contributed by atoms with Crippen LogP contribution in [0.5, 0.6) is 5.75 Å². The van der Waals surface area contributed by atoms with Crippen molar-refractivity contribution in [1.29, 1.82) is 0 Å². The smallest absolute Gasteiger partial charge is 0.123 e. The summed E-state index contributed by atoms with van der Waals surface area (Å²) in [6.45, 7) is 6.21. The molecule has 2 aromatic carbocycles. The number of hydrogen-bond acceptors (Lipinski definition) is 3. The highest BCUT2D eigenvalue weighted by Gasteiger charge is 2.25. The molecule has 25 heavy (non-hydrogen) atoms. The minimum atomic E-state index is 0. The molecule has 2 aromatic rings. The number of aryl methyl sites for hydroxylation is 2. The van der Waals surface area contributed by atoms with E-state index in [1.165, 1.54) is 35.1 Å². The maximum atomic E-state index is 5.58. The fourth-order valence-electron chi connectivity index (χ4n) is 3.54. The van der Waals surface area contributed by atoms with Crippen molar-refractivity contribution in [3.8, 4) is 5.75 Å². The molecule has 1 fully saturated rings. The average Bonchev–Trinajstić information content (AvgIpc) is 2.63. The Morgan fingerprint density at radius 2 is 1.84 bits per heavy atom. The Labute approximate surface area is 157 Å². The Morgan fingerprint density at radius 3 is 2.56 bits per heavy atom. The van der Waals surface area contributed by atoms with Crippen LogP contribution in [0, 0.1) is 13.8 Å². The zero-order valence-electron chi connectivity index (χ0n) is 15.3. The molecule has 1 saturated heterocycles. The van der Waals surface area contributed by atoms with E-state index >= 15 is 0 Å². The zero-order valence-corrected chi connectivity index (χ0v) is 16.2. The molecule has 0 saturated carbocycles. The van der Waals surface area contributed by atoms with Gasteiger partial charge in [0.15, 0.2) is 0 Å². The molecular weight excluding hydrogens is 332 g/mol. The van der Waals surface area contributed by atoms with E-state index in [2.05, 4.69) is 66.9 Å². The lowest BCUT2D eigenvalue weighted by Gasteiger charge is -2.34. The van der Waals surface area contributed by atoms with Gasteiger partial charge in [0.05, 0.1) is 7.11 Å². The fourth-order valence-corrected chi connectivity index (χ4v) is 3.54. The van der Waals surface area contributed by atoms with E-state index in [-0.39, 0.29) is 12.4 Å². The van der Waals surface area contributed by atoms with Gasteiger partial charge in [0, 0.05) is 24.2 Å². The summed E-state index contributed by atoms with van der Waals surface area (Å²) in [7, 11) is 1.75. The molecular formula is C21H29ClN2O. The summed E-state index contributed by atoms with van der Waals surface area (Å²) in [5.41, 5.74) is 5.19. The second-order valence-corrected chi connectivity index (χ2v) is 6.72. The van der Waals surface area contributed by atoms with Gasteiger partial charge in [-0.05, 0) is 56.0 Å². The maximum absolute atomic E-state index is 5.58. The first-order valence-electron chi connectivity index (χ1n) is 8.85. The number of hydrogen-bond donors (Lipinski definition) is 2. The van der Waals surface area contributed by atoms with Gasteiger partial charge in [-0.3, -0.25) is 0 Å². The lowest BCUT2D eigenvalue weighted by atomic mass is 9.92. The van der Waals surface area contributed by atoms with Crippen LogP contribution in [0.15, 0.2) is 42.5 Å². The van der Waals surface area contributed by atoms with Crippen LogP contribution >= 0.6 is 12.4 Å². The number of rotatable bonds is 5. The van der Waals surface area contributed by atoms with Crippen LogP contribution in [-0.2, 0) is 6.54 Å². The van der Waals surface area contributed by atoms with E-state index in [1.54, 1.807) is 7.11 Å². The van der Waals surface area contributed by atoms with E-state index in [9.17, 15) is 0 Å². The first-order valence-corrected chi connectivity index (χ1v) is 8.85. The summed E-state index contributed by atoms with van der Waals surface area (Å²) in [4.78, 5) is 0. The topological polar surface area (TPSA) is 33.3 Å². The van der Waals surface area contributed by atoms with Gasteiger partial charge in [-0.15, -0.1) is 12.4 Å². The lowest BCUT2D eigenvalue weighted by Crippen LogP contribution is -2.45. The van der Waals surface area contributed by atoms with Crippen molar-refractivity contribution in [2.24, 2.45) is 0 Å². The molecule has 1 aliphatic rings.